The third-order valence-electron chi connectivity index (χ3n) is 4.35. The number of piperidine rings is 3. The fraction of sp³-hybridized carbons (Fsp3) is 0.786. The maximum Gasteiger partial charge on any atom is 0.0953 e. The van der Waals surface area contributed by atoms with Gasteiger partial charge in [-0.25, -0.2) is 4.98 Å². The van der Waals surface area contributed by atoms with Crippen molar-refractivity contribution in [3.63, 3.8) is 0 Å². The molecule has 4 heterocycles. The van der Waals surface area contributed by atoms with E-state index in [-0.39, 0.29) is 0 Å². The van der Waals surface area contributed by atoms with E-state index in [1.165, 1.54) is 38.2 Å². The number of aromatic nitrogens is 2. The molecule has 0 saturated carbocycles. The van der Waals surface area contributed by atoms with Crippen molar-refractivity contribution >= 4 is 0 Å². The summed E-state index contributed by atoms with van der Waals surface area (Å²) in [4.78, 5) is 7.12. The summed E-state index contributed by atoms with van der Waals surface area (Å²) >= 11 is 0. The number of fused-ring (bicyclic) bond motifs is 3. The quantitative estimate of drug-likeness (QED) is 0.879. The SMILES string of the molecule is CC(C)NCc1cn(C2CN3CCC2CC3)cn1. The van der Waals surface area contributed by atoms with Gasteiger partial charge in [-0.05, 0) is 31.8 Å². The number of nitrogens with one attached hydrogen (secondary N) is 1. The molecule has 0 aromatic carbocycles. The van der Waals surface area contributed by atoms with Crippen molar-refractivity contribution in [1.29, 1.82) is 0 Å². The first-order valence-electron chi connectivity index (χ1n) is 7.20. The minimum Gasteiger partial charge on any atom is -0.333 e. The highest BCUT2D eigenvalue weighted by atomic mass is 15.2. The van der Waals surface area contributed by atoms with Crippen LogP contribution in [0, 0.1) is 5.92 Å². The minimum atomic E-state index is 0.520. The van der Waals surface area contributed by atoms with Gasteiger partial charge in [-0.2, -0.15) is 0 Å². The lowest BCUT2D eigenvalue weighted by Gasteiger charge is -2.45. The van der Waals surface area contributed by atoms with Gasteiger partial charge in [0.25, 0.3) is 0 Å². The van der Waals surface area contributed by atoms with Gasteiger partial charge in [-0.15, -0.1) is 0 Å². The summed E-state index contributed by atoms with van der Waals surface area (Å²) in [6, 6.07) is 1.18. The molecule has 1 atom stereocenters. The van der Waals surface area contributed by atoms with Crippen LogP contribution in [0.4, 0.5) is 0 Å². The molecule has 18 heavy (non-hydrogen) atoms. The predicted octanol–water partition coefficient (Wildman–Crippen LogP) is 1.65. The van der Waals surface area contributed by atoms with Crippen molar-refractivity contribution < 1.29 is 0 Å². The largest absolute Gasteiger partial charge is 0.333 e. The minimum absolute atomic E-state index is 0.520. The molecular formula is C14H24N4. The molecule has 3 fully saturated rings. The normalized spacial score (nSPS) is 31.2. The third kappa shape index (κ3) is 2.45. The van der Waals surface area contributed by atoms with Crippen molar-refractivity contribution in [2.24, 2.45) is 5.92 Å². The molecule has 2 bridgehead atoms. The monoisotopic (exact) mass is 248 g/mol. The molecule has 3 saturated heterocycles. The summed E-state index contributed by atoms with van der Waals surface area (Å²) in [6.45, 7) is 9.05. The predicted molar refractivity (Wildman–Crippen MR) is 72.4 cm³/mol. The van der Waals surface area contributed by atoms with Crippen molar-refractivity contribution in [2.75, 3.05) is 19.6 Å². The van der Waals surface area contributed by atoms with Crippen LogP contribution in [0.15, 0.2) is 12.5 Å². The van der Waals surface area contributed by atoms with Gasteiger partial charge in [-0.1, -0.05) is 13.8 Å². The number of hydrogen-bond donors (Lipinski definition) is 1. The van der Waals surface area contributed by atoms with E-state index in [4.69, 9.17) is 0 Å². The second-order valence-corrected chi connectivity index (χ2v) is 6.05. The first kappa shape index (κ1) is 12.2. The lowest BCUT2D eigenvalue weighted by molar-refractivity contribution is 0.0569. The van der Waals surface area contributed by atoms with Crippen LogP contribution in [-0.4, -0.2) is 40.1 Å². The van der Waals surface area contributed by atoms with Crippen LogP contribution in [0.2, 0.25) is 0 Å². The highest BCUT2D eigenvalue weighted by Gasteiger charge is 2.34. The topological polar surface area (TPSA) is 33.1 Å². The van der Waals surface area contributed by atoms with Crippen LogP contribution < -0.4 is 5.32 Å². The van der Waals surface area contributed by atoms with E-state index in [0.29, 0.717) is 12.1 Å². The fourth-order valence-electron chi connectivity index (χ4n) is 3.23. The Hall–Kier alpha value is -0.870. The summed E-state index contributed by atoms with van der Waals surface area (Å²) in [7, 11) is 0. The first-order chi connectivity index (χ1) is 8.72. The van der Waals surface area contributed by atoms with Gasteiger partial charge in [-0.3, -0.25) is 0 Å². The maximum absolute atomic E-state index is 4.53. The number of imidazole rings is 1. The van der Waals surface area contributed by atoms with Crippen LogP contribution >= 0.6 is 0 Å². The Morgan fingerprint density at radius 1 is 1.39 bits per heavy atom. The summed E-state index contributed by atoms with van der Waals surface area (Å²) in [5, 5.41) is 3.43. The Morgan fingerprint density at radius 2 is 2.17 bits per heavy atom. The Kier molecular flexibility index (Phi) is 3.39. The molecule has 0 amide bonds. The Bertz CT molecular complexity index is 390. The van der Waals surface area contributed by atoms with Crippen LogP contribution in [0.1, 0.15) is 38.4 Å². The molecule has 0 aliphatic carbocycles. The average molecular weight is 248 g/mol. The molecule has 1 N–H and O–H groups in total. The molecule has 3 aliphatic heterocycles. The zero-order chi connectivity index (χ0) is 12.5. The molecule has 3 aliphatic rings. The van der Waals surface area contributed by atoms with Crippen molar-refractivity contribution in [1.82, 2.24) is 19.8 Å². The Morgan fingerprint density at radius 3 is 2.78 bits per heavy atom. The number of hydrogen-bond acceptors (Lipinski definition) is 3. The highest BCUT2D eigenvalue weighted by molar-refractivity contribution is 5.01. The van der Waals surface area contributed by atoms with Gasteiger partial charge in [0.05, 0.1) is 18.1 Å². The molecular weight excluding hydrogens is 224 g/mol. The van der Waals surface area contributed by atoms with Crippen LogP contribution in [0.25, 0.3) is 0 Å². The number of nitrogens with zero attached hydrogens (tertiary/aromatic N) is 3. The van der Waals surface area contributed by atoms with Gasteiger partial charge in [0.2, 0.25) is 0 Å². The van der Waals surface area contributed by atoms with E-state index in [0.717, 1.165) is 12.5 Å². The molecule has 4 nitrogen and oxygen atoms in total. The molecule has 1 unspecified atom stereocenters. The van der Waals surface area contributed by atoms with Crippen molar-refractivity contribution in [2.45, 2.75) is 45.3 Å². The molecule has 1 aromatic heterocycles. The smallest absolute Gasteiger partial charge is 0.0953 e. The molecule has 1 aromatic rings. The van der Waals surface area contributed by atoms with Crippen LogP contribution in [0.3, 0.4) is 0 Å². The van der Waals surface area contributed by atoms with Crippen molar-refractivity contribution in [3.05, 3.63) is 18.2 Å². The van der Waals surface area contributed by atoms with E-state index in [9.17, 15) is 0 Å². The zero-order valence-corrected chi connectivity index (χ0v) is 11.5. The van der Waals surface area contributed by atoms with E-state index < -0.39 is 0 Å². The Labute approximate surface area is 109 Å². The van der Waals surface area contributed by atoms with Crippen molar-refractivity contribution in [3.8, 4) is 0 Å². The molecule has 0 spiro atoms. The zero-order valence-electron chi connectivity index (χ0n) is 11.5. The standard InChI is InChI=1S/C14H24N4/c1-11(2)15-7-13-8-18(10-16-13)14-9-17-5-3-12(14)4-6-17/h8,10-12,14-15H,3-7,9H2,1-2H3. The number of rotatable bonds is 4. The fourth-order valence-corrected chi connectivity index (χ4v) is 3.23. The average Bonchev–Trinajstić information content (AvgIpc) is 2.86. The van der Waals surface area contributed by atoms with Crippen LogP contribution in [-0.2, 0) is 6.54 Å². The maximum atomic E-state index is 4.53. The van der Waals surface area contributed by atoms with Crippen LogP contribution in [0.5, 0.6) is 0 Å². The molecule has 4 rings (SSSR count). The van der Waals surface area contributed by atoms with E-state index in [1.54, 1.807) is 0 Å². The summed E-state index contributed by atoms with van der Waals surface area (Å²) in [6.07, 6.45) is 7.00. The molecule has 100 valence electrons. The van der Waals surface area contributed by atoms with E-state index in [1.807, 2.05) is 6.33 Å². The third-order valence-corrected chi connectivity index (χ3v) is 4.35. The second kappa shape index (κ2) is 5.02. The summed E-state index contributed by atoms with van der Waals surface area (Å²) in [5.74, 6) is 0.870. The summed E-state index contributed by atoms with van der Waals surface area (Å²) < 4.78 is 2.35. The molecule has 4 heteroatoms. The second-order valence-electron chi connectivity index (χ2n) is 6.05. The summed E-state index contributed by atoms with van der Waals surface area (Å²) in [5.41, 5.74) is 1.17. The van der Waals surface area contributed by atoms with Gasteiger partial charge < -0.3 is 14.8 Å². The Balaban J connectivity index is 1.66. The lowest BCUT2D eigenvalue weighted by atomic mass is 9.84. The lowest BCUT2D eigenvalue weighted by Crippen LogP contribution is -2.47. The van der Waals surface area contributed by atoms with Gasteiger partial charge in [0, 0.05) is 25.3 Å². The van der Waals surface area contributed by atoms with Gasteiger partial charge in [0.15, 0.2) is 0 Å². The van der Waals surface area contributed by atoms with E-state index in [2.05, 4.69) is 39.8 Å². The van der Waals surface area contributed by atoms with E-state index >= 15 is 0 Å². The van der Waals surface area contributed by atoms with Gasteiger partial charge >= 0.3 is 0 Å². The highest BCUT2D eigenvalue weighted by Crippen LogP contribution is 2.35. The first-order valence-corrected chi connectivity index (χ1v) is 7.20. The van der Waals surface area contributed by atoms with Gasteiger partial charge in [0.1, 0.15) is 0 Å². The molecule has 0 radical (unpaired) electrons.